The van der Waals surface area contributed by atoms with Crippen molar-refractivity contribution in [3.8, 4) is 17.2 Å². The molecular weight excluding hydrogens is 396 g/mol. The Kier molecular flexibility index (Phi) is 5.78. The molecule has 9 heteroatoms. The van der Waals surface area contributed by atoms with Gasteiger partial charge in [-0.15, -0.1) is 11.3 Å². The van der Waals surface area contributed by atoms with E-state index in [1.54, 1.807) is 13.0 Å². The first-order chi connectivity index (χ1) is 13.8. The van der Waals surface area contributed by atoms with E-state index in [1.807, 2.05) is 13.8 Å². The molecule has 2 heterocycles. The maximum absolute atomic E-state index is 12.8. The van der Waals surface area contributed by atoms with Crippen LogP contribution in [0, 0.1) is 13.8 Å². The molecule has 0 radical (unpaired) electrons. The zero-order valence-electron chi connectivity index (χ0n) is 17.0. The molecule has 0 saturated carbocycles. The van der Waals surface area contributed by atoms with Crippen molar-refractivity contribution in [2.45, 2.75) is 26.9 Å². The van der Waals surface area contributed by atoms with Gasteiger partial charge in [0.05, 0.1) is 26.7 Å². The van der Waals surface area contributed by atoms with Crippen LogP contribution in [0.2, 0.25) is 0 Å². The lowest BCUT2D eigenvalue weighted by Gasteiger charge is -2.16. The maximum Gasteiger partial charge on any atom is 0.342 e. The highest BCUT2D eigenvalue weighted by molar-refractivity contribution is 7.18. The lowest BCUT2D eigenvalue weighted by molar-refractivity contribution is 0.0316. The smallest absolute Gasteiger partial charge is 0.342 e. The third kappa shape index (κ3) is 3.77. The van der Waals surface area contributed by atoms with E-state index in [4.69, 9.17) is 18.9 Å². The molecule has 0 spiro atoms. The molecular formula is C20H22N2O6S. The second kappa shape index (κ2) is 8.12. The fraction of sp³-hybridized carbons (Fsp3) is 0.350. The van der Waals surface area contributed by atoms with Crippen molar-refractivity contribution in [3.05, 3.63) is 44.3 Å². The van der Waals surface area contributed by atoms with E-state index in [0.29, 0.717) is 21.7 Å². The predicted octanol–water partition coefficient (Wildman–Crippen LogP) is 3.55. The van der Waals surface area contributed by atoms with Crippen LogP contribution in [0.4, 0.5) is 0 Å². The van der Waals surface area contributed by atoms with Gasteiger partial charge in [0, 0.05) is 17.0 Å². The third-order valence-electron chi connectivity index (χ3n) is 4.65. The van der Waals surface area contributed by atoms with Crippen LogP contribution in [-0.2, 0) is 4.74 Å². The molecule has 0 unspecified atom stereocenters. The highest BCUT2D eigenvalue weighted by atomic mass is 32.1. The highest BCUT2D eigenvalue weighted by Crippen LogP contribution is 2.35. The van der Waals surface area contributed by atoms with E-state index in [1.165, 1.54) is 38.7 Å². The summed E-state index contributed by atoms with van der Waals surface area (Å²) in [5.41, 5.74) is 0.826. The van der Waals surface area contributed by atoms with E-state index in [-0.39, 0.29) is 22.7 Å². The second-order valence-corrected chi connectivity index (χ2v) is 7.57. The van der Waals surface area contributed by atoms with Crippen LogP contribution in [0.1, 0.15) is 39.7 Å². The first kappa shape index (κ1) is 20.7. The van der Waals surface area contributed by atoms with Crippen molar-refractivity contribution in [2.75, 3.05) is 21.3 Å². The molecule has 1 N–H and O–H groups in total. The van der Waals surface area contributed by atoms with E-state index in [0.717, 1.165) is 10.4 Å². The number of nitrogens with zero attached hydrogens (tertiary/aromatic N) is 1. The molecule has 0 fully saturated rings. The molecule has 3 aromatic rings. The van der Waals surface area contributed by atoms with E-state index in [2.05, 4.69) is 9.97 Å². The average Bonchev–Trinajstić information content (AvgIpc) is 3.00. The molecule has 0 aliphatic rings. The van der Waals surface area contributed by atoms with Crippen LogP contribution in [0.3, 0.4) is 0 Å². The van der Waals surface area contributed by atoms with Crippen molar-refractivity contribution in [1.82, 2.24) is 9.97 Å². The molecule has 1 aromatic carbocycles. The zero-order chi connectivity index (χ0) is 21.3. The number of methoxy groups -OCH3 is 3. The molecule has 0 aliphatic carbocycles. The average molecular weight is 418 g/mol. The SMILES string of the molecule is COc1cc(OC)c(C(=O)O[C@@H](C)c2nc3sc(C)c(C)c3c(=O)[nH]2)cc1OC. The van der Waals surface area contributed by atoms with Gasteiger partial charge in [0.2, 0.25) is 0 Å². The largest absolute Gasteiger partial charge is 0.496 e. The Morgan fingerprint density at radius 3 is 2.31 bits per heavy atom. The summed E-state index contributed by atoms with van der Waals surface area (Å²) in [5, 5.41) is 0.566. The zero-order valence-corrected chi connectivity index (χ0v) is 17.9. The number of H-pyrrole nitrogens is 1. The van der Waals surface area contributed by atoms with Gasteiger partial charge in [-0.05, 0) is 26.3 Å². The highest BCUT2D eigenvalue weighted by Gasteiger charge is 2.23. The fourth-order valence-corrected chi connectivity index (χ4v) is 3.97. The number of nitrogens with one attached hydrogen (secondary N) is 1. The number of benzene rings is 1. The Morgan fingerprint density at radius 2 is 1.69 bits per heavy atom. The summed E-state index contributed by atoms with van der Waals surface area (Å²) >= 11 is 1.43. The van der Waals surface area contributed by atoms with Gasteiger partial charge in [0.25, 0.3) is 5.56 Å². The number of carbonyl (C=O) groups is 1. The minimum absolute atomic E-state index is 0.170. The summed E-state index contributed by atoms with van der Waals surface area (Å²) in [4.78, 5) is 34.1. The van der Waals surface area contributed by atoms with Gasteiger partial charge in [-0.1, -0.05) is 0 Å². The van der Waals surface area contributed by atoms with Gasteiger partial charge in [-0.3, -0.25) is 4.79 Å². The number of aromatic amines is 1. The summed E-state index contributed by atoms with van der Waals surface area (Å²) < 4.78 is 21.3. The van der Waals surface area contributed by atoms with E-state index in [9.17, 15) is 9.59 Å². The fourth-order valence-electron chi connectivity index (χ4n) is 2.93. The van der Waals surface area contributed by atoms with Crippen LogP contribution in [0.15, 0.2) is 16.9 Å². The summed E-state index contributed by atoms with van der Waals surface area (Å²) in [5.74, 6) is 0.702. The van der Waals surface area contributed by atoms with Gasteiger partial charge in [0.15, 0.2) is 23.4 Å². The number of fused-ring (bicyclic) bond motifs is 1. The van der Waals surface area contributed by atoms with Crippen molar-refractivity contribution >= 4 is 27.5 Å². The second-order valence-electron chi connectivity index (χ2n) is 6.37. The predicted molar refractivity (Wildman–Crippen MR) is 110 cm³/mol. The first-order valence-corrected chi connectivity index (χ1v) is 9.63. The molecule has 154 valence electrons. The lowest BCUT2D eigenvalue weighted by atomic mass is 10.1. The number of hydrogen-bond acceptors (Lipinski definition) is 8. The lowest BCUT2D eigenvalue weighted by Crippen LogP contribution is -2.17. The Hall–Kier alpha value is -3.07. The van der Waals surface area contributed by atoms with Crippen LogP contribution >= 0.6 is 11.3 Å². The van der Waals surface area contributed by atoms with Crippen LogP contribution in [0.25, 0.3) is 10.2 Å². The van der Waals surface area contributed by atoms with Gasteiger partial charge >= 0.3 is 5.97 Å². The molecule has 3 rings (SSSR count). The number of ether oxygens (including phenoxy) is 4. The molecule has 29 heavy (non-hydrogen) atoms. The van der Waals surface area contributed by atoms with Crippen LogP contribution < -0.4 is 19.8 Å². The standard InChI is InChI=1S/C20H22N2O6S/c1-9-11(3)29-19-16(9)18(23)21-17(22-19)10(2)28-20(24)12-7-14(26-5)15(27-6)8-13(12)25-4/h7-8,10H,1-6H3,(H,21,22,23)/t10-/m0/s1. The number of thiophene rings is 1. The summed E-state index contributed by atoms with van der Waals surface area (Å²) in [7, 11) is 4.40. The molecule has 0 aliphatic heterocycles. The third-order valence-corrected chi connectivity index (χ3v) is 5.75. The monoisotopic (exact) mass is 418 g/mol. The Balaban J connectivity index is 1.93. The van der Waals surface area contributed by atoms with Crippen LogP contribution in [-0.4, -0.2) is 37.3 Å². The van der Waals surface area contributed by atoms with Crippen molar-refractivity contribution < 1.29 is 23.7 Å². The Bertz CT molecular complexity index is 1130. The minimum Gasteiger partial charge on any atom is -0.496 e. The van der Waals surface area contributed by atoms with Crippen molar-refractivity contribution in [2.24, 2.45) is 0 Å². The summed E-state index contributed by atoms with van der Waals surface area (Å²) in [6.45, 7) is 5.47. The van der Waals surface area contributed by atoms with E-state index < -0.39 is 12.1 Å². The number of aryl methyl sites for hydroxylation is 2. The number of aromatic nitrogens is 2. The molecule has 0 amide bonds. The van der Waals surface area contributed by atoms with Crippen molar-refractivity contribution in [3.63, 3.8) is 0 Å². The Morgan fingerprint density at radius 1 is 1.07 bits per heavy atom. The molecule has 1 atom stereocenters. The number of hydrogen-bond donors (Lipinski definition) is 1. The van der Waals surface area contributed by atoms with Gasteiger partial charge in [-0.25, -0.2) is 9.78 Å². The maximum atomic E-state index is 12.8. The topological polar surface area (TPSA) is 99.7 Å². The molecule has 2 aromatic heterocycles. The molecule has 0 saturated heterocycles. The molecule has 8 nitrogen and oxygen atoms in total. The minimum atomic E-state index is -0.778. The van der Waals surface area contributed by atoms with Crippen LogP contribution in [0.5, 0.6) is 17.2 Å². The number of rotatable bonds is 6. The normalized spacial score (nSPS) is 11.9. The van der Waals surface area contributed by atoms with Gasteiger partial charge in [0.1, 0.15) is 16.1 Å². The Labute approximate surface area is 171 Å². The van der Waals surface area contributed by atoms with Gasteiger partial charge in [-0.2, -0.15) is 0 Å². The summed E-state index contributed by atoms with van der Waals surface area (Å²) in [6, 6.07) is 3.03. The van der Waals surface area contributed by atoms with Gasteiger partial charge < -0.3 is 23.9 Å². The number of esters is 1. The first-order valence-electron chi connectivity index (χ1n) is 8.81. The quantitative estimate of drug-likeness (QED) is 0.611. The van der Waals surface area contributed by atoms with Crippen molar-refractivity contribution in [1.29, 1.82) is 0 Å². The number of carbonyl (C=O) groups excluding carboxylic acids is 1. The molecule has 0 bridgehead atoms. The van der Waals surface area contributed by atoms with E-state index >= 15 is 0 Å². The summed E-state index contributed by atoms with van der Waals surface area (Å²) in [6.07, 6.45) is -0.778.